The first-order valence-electron chi connectivity index (χ1n) is 13.9. The molecule has 2 N–H and O–H groups in total. The van der Waals surface area contributed by atoms with Crippen molar-refractivity contribution < 1.29 is 27.2 Å². The second kappa shape index (κ2) is 11.3. The average molecular weight is 622 g/mol. The van der Waals surface area contributed by atoms with E-state index in [9.17, 15) is 17.7 Å². The monoisotopic (exact) mass is 621 g/mol. The van der Waals surface area contributed by atoms with Crippen LogP contribution in [-0.4, -0.2) is 65.9 Å². The number of aryl methyl sites for hydroxylation is 2. The van der Waals surface area contributed by atoms with Crippen molar-refractivity contribution in [3.63, 3.8) is 0 Å². The summed E-state index contributed by atoms with van der Waals surface area (Å²) in [5.41, 5.74) is 3.82. The molecule has 3 aromatic rings. The van der Waals surface area contributed by atoms with Crippen LogP contribution in [0.1, 0.15) is 30.4 Å². The van der Waals surface area contributed by atoms with Crippen LogP contribution in [-0.2, 0) is 22.1 Å². The van der Waals surface area contributed by atoms with Crippen molar-refractivity contribution in [2.24, 2.45) is 0 Å². The summed E-state index contributed by atoms with van der Waals surface area (Å²) in [6.45, 7) is 4.83. The highest BCUT2D eigenvalue weighted by atomic mass is 35.5. The van der Waals surface area contributed by atoms with Gasteiger partial charge in [0.25, 0.3) is 0 Å². The SMILES string of the molecule is CP(C)(=O)c1cc(OC(F)(F)F)ccc1Nc1nc(Nc2ccc3c(c2)CC[C@@H](N2C[C@@H]4C[C@H]2CO4)CC3)ncc1Cl. The highest BCUT2D eigenvalue weighted by Crippen LogP contribution is 2.41. The molecule has 13 heteroatoms. The largest absolute Gasteiger partial charge is 0.573 e. The molecule has 0 amide bonds. The third-order valence-corrected chi connectivity index (χ3v) is 9.95. The van der Waals surface area contributed by atoms with E-state index in [2.05, 4.69) is 42.4 Å². The van der Waals surface area contributed by atoms with Gasteiger partial charge in [-0.3, -0.25) is 4.90 Å². The Morgan fingerprint density at radius 3 is 2.55 bits per heavy atom. The molecular weight excluding hydrogens is 590 g/mol. The number of fused-ring (bicyclic) bond motifs is 3. The molecule has 6 rings (SSSR count). The van der Waals surface area contributed by atoms with Crippen LogP contribution in [0.4, 0.5) is 36.3 Å². The molecule has 2 saturated heterocycles. The Morgan fingerprint density at radius 2 is 1.86 bits per heavy atom. The standard InChI is InChI=1S/C29H32ClF3N5O3P/c1-42(2,39)26-13-22(41-29(31,32)33)9-10-25(26)36-27-24(30)14-34-28(37-27)35-19-6-3-17-4-7-20(8-5-18(17)11-19)38-15-23-12-21(38)16-40-23/h3,6,9-11,13-14,20-21,23H,4-5,7-8,12,15-16H2,1-2H3,(H2,34,35,36,37)/t20-,21-,23-/m0/s1. The van der Waals surface area contributed by atoms with E-state index in [4.69, 9.17) is 16.3 Å². The summed E-state index contributed by atoms with van der Waals surface area (Å²) in [7, 11) is -3.02. The molecular formula is C29H32ClF3N5O3P. The van der Waals surface area contributed by atoms with Gasteiger partial charge in [0.15, 0.2) is 5.82 Å². The van der Waals surface area contributed by atoms with Crippen molar-refractivity contribution in [2.75, 3.05) is 37.1 Å². The predicted octanol–water partition coefficient (Wildman–Crippen LogP) is 6.48. The van der Waals surface area contributed by atoms with Gasteiger partial charge in [-0.15, -0.1) is 13.2 Å². The highest BCUT2D eigenvalue weighted by Gasteiger charge is 2.42. The van der Waals surface area contributed by atoms with Crippen LogP contribution < -0.4 is 20.7 Å². The van der Waals surface area contributed by atoms with Crippen LogP contribution >= 0.6 is 18.7 Å². The van der Waals surface area contributed by atoms with Crippen LogP contribution in [0.25, 0.3) is 0 Å². The second-order valence-electron chi connectivity index (χ2n) is 11.5. The normalized spacial score (nSPS) is 22.5. The Labute approximate surface area is 247 Å². The number of benzene rings is 2. The van der Waals surface area contributed by atoms with Crippen molar-refractivity contribution in [2.45, 2.75) is 56.7 Å². The number of halogens is 4. The van der Waals surface area contributed by atoms with E-state index in [0.717, 1.165) is 63.1 Å². The number of morpholine rings is 1. The van der Waals surface area contributed by atoms with Crippen LogP contribution in [0.5, 0.6) is 5.75 Å². The summed E-state index contributed by atoms with van der Waals surface area (Å²) in [6.07, 6.45) is 2.40. The molecule has 0 unspecified atom stereocenters. The maximum absolute atomic E-state index is 12.9. The smallest absolute Gasteiger partial charge is 0.406 e. The molecule has 8 nitrogen and oxygen atoms in total. The fourth-order valence-corrected chi connectivity index (χ4v) is 7.50. The molecule has 3 heterocycles. The number of rotatable bonds is 7. The Balaban J connectivity index is 1.17. The van der Waals surface area contributed by atoms with Gasteiger partial charge in [0.05, 0.1) is 24.6 Å². The van der Waals surface area contributed by atoms with Gasteiger partial charge in [-0.25, -0.2) is 4.98 Å². The molecule has 42 heavy (non-hydrogen) atoms. The van der Waals surface area contributed by atoms with Gasteiger partial charge in [-0.05, 0) is 86.9 Å². The molecule has 0 spiro atoms. The molecule has 0 radical (unpaired) electrons. The lowest BCUT2D eigenvalue weighted by Gasteiger charge is -2.34. The van der Waals surface area contributed by atoms with Gasteiger partial charge < -0.3 is 24.7 Å². The zero-order valence-electron chi connectivity index (χ0n) is 23.2. The average Bonchev–Trinajstić information content (AvgIpc) is 3.49. The lowest BCUT2D eigenvalue weighted by molar-refractivity contribution is -0.274. The number of aromatic nitrogens is 2. The molecule has 224 valence electrons. The first-order chi connectivity index (χ1) is 19.9. The molecule has 2 bridgehead atoms. The minimum Gasteiger partial charge on any atom is -0.406 e. The fraction of sp³-hybridized carbons (Fsp3) is 0.448. The van der Waals surface area contributed by atoms with Crippen molar-refractivity contribution in [3.8, 4) is 5.75 Å². The van der Waals surface area contributed by atoms with Gasteiger partial charge in [0.2, 0.25) is 5.95 Å². The molecule has 2 fully saturated rings. The number of ether oxygens (including phenoxy) is 2. The summed E-state index contributed by atoms with van der Waals surface area (Å²) in [5.74, 6) is 0.0466. The van der Waals surface area contributed by atoms with E-state index in [-0.39, 0.29) is 22.1 Å². The van der Waals surface area contributed by atoms with Crippen LogP contribution in [0, 0.1) is 0 Å². The van der Waals surface area contributed by atoms with Gasteiger partial charge in [0, 0.05) is 29.6 Å². The van der Waals surface area contributed by atoms with Gasteiger partial charge >= 0.3 is 6.36 Å². The number of hydrogen-bond acceptors (Lipinski definition) is 8. The summed E-state index contributed by atoms with van der Waals surface area (Å²) >= 11 is 6.37. The number of nitrogens with one attached hydrogen (secondary N) is 2. The Morgan fingerprint density at radius 1 is 1.07 bits per heavy atom. The third-order valence-electron chi connectivity index (χ3n) is 8.15. The van der Waals surface area contributed by atoms with E-state index < -0.39 is 19.3 Å². The molecule has 2 aromatic carbocycles. The van der Waals surface area contributed by atoms with E-state index in [0.29, 0.717) is 23.9 Å². The minimum absolute atomic E-state index is 0.173. The van der Waals surface area contributed by atoms with Crippen molar-refractivity contribution in [3.05, 3.63) is 58.7 Å². The number of likely N-dealkylation sites (tertiary alicyclic amines) is 1. The first-order valence-corrected chi connectivity index (χ1v) is 16.9. The van der Waals surface area contributed by atoms with E-state index in [1.807, 2.05) is 6.07 Å². The number of hydrogen-bond donors (Lipinski definition) is 2. The van der Waals surface area contributed by atoms with E-state index in [1.54, 1.807) is 0 Å². The molecule has 3 atom stereocenters. The van der Waals surface area contributed by atoms with Crippen molar-refractivity contribution in [1.82, 2.24) is 14.9 Å². The summed E-state index contributed by atoms with van der Waals surface area (Å²) < 4.78 is 61.1. The van der Waals surface area contributed by atoms with Gasteiger partial charge in [0.1, 0.15) is 17.9 Å². The number of alkyl halides is 3. The number of anilines is 4. The Bertz CT molecular complexity index is 1530. The maximum Gasteiger partial charge on any atom is 0.573 e. The maximum atomic E-state index is 12.9. The van der Waals surface area contributed by atoms with Crippen LogP contribution in [0.2, 0.25) is 5.02 Å². The fourth-order valence-electron chi connectivity index (χ4n) is 6.21. The zero-order chi connectivity index (χ0) is 29.6. The van der Waals surface area contributed by atoms with Gasteiger partial charge in [-0.2, -0.15) is 4.98 Å². The quantitative estimate of drug-likeness (QED) is 0.229. The molecule has 1 aromatic heterocycles. The highest BCUT2D eigenvalue weighted by molar-refractivity contribution is 7.70. The molecule has 3 aliphatic rings. The van der Waals surface area contributed by atoms with Crippen LogP contribution in [0.15, 0.2) is 42.6 Å². The van der Waals surface area contributed by atoms with Crippen molar-refractivity contribution >= 4 is 47.2 Å². The third kappa shape index (κ3) is 6.54. The first kappa shape index (κ1) is 29.2. The summed E-state index contributed by atoms with van der Waals surface area (Å²) in [4.78, 5) is 11.5. The minimum atomic E-state index is -4.87. The summed E-state index contributed by atoms with van der Waals surface area (Å²) in [5, 5.41) is 6.63. The van der Waals surface area contributed by atoms with E-state index >= 15 is 0 Å². The Hall–Kier alpha value is -2.85. The Kier molecular flexibility index (Phi) is 7.89. The predicted molar refractivity (Wildman–Crippen MR) is 158 cm³/mol. The molecule has 1 aliphatic carbocycles. The lowest BCUT2D eigenvalue weighted by Crippen LogP contribution is -2.44. The van der Waals surface area contributed by atoms with Gasteiger partial charge in [-0.1, -0.05) is 17.7 Å². The van der Waals surface area contributed by atoms with Crippen LogP contribution in [0.3, 0.4) is 0 Å². The lowest BCUT2D eigenvalue weighted by atomic mass is 10.0. The van der Waals surface area contributed by atoms with Crippen molar-refractivity contribution in [1.29, 1.82) is 0 Å². The number of nitrogens with zero attached hydrogens (tertiary/aromatic N) is 3. The molecule has 0 saturated carbocycles. The summed E-state index contributed by atoms with van der Waals surface area (Å²) in [6, 6.07) is 11.1. The second-order valence-corrected chi connectivity index (χ2v) is 15.1. The van der Waals surface area contributed by atoms with E-state index in [1.165, 1.54) is 36.7 Å². The molecule has 2 aliphatic heterocycles. The zero-order valence-corrected chi connectivity index (χ0v) is 24.9. The topological polar surface area (TPSA) is 88.6 Å².